The molecule has 0 bridgehead atoms. The molecule has 27 heavy (non-hydrogen) atoms. The summed E-state index contributed by atoms with van der Waals surface area (Å²) in [5, 5.41) is 10.2. The smallest absolute Gasteiger partial charge is 0.357 e. The Morgan fingerprint density at radius 3 is 2.48 bits per heavy atom. The van der Waals surface area contributed by atoms with Crippen LogP contribution in [-0.2, 0) is 14.8 Å². The first kappa shape index (κ1) is 21.3. The van der Waals surface area contributed by atoms with Gasteiger partial charge in [-0.2, -0.15) is 0 Å². The van der Waals surface area contributed by atoms with Crippen LogP contribution in [0.2, 0.25) is 0 Å². The van der Waals surface area contributed by atoms with Crippen LogP contribution in [0.25, 0.3) is 0 Å². The second-order valence-corrected chi connectivity index (χ2v) is 8.56. The Morgan fingerprint density at radius 2 is 1.81 bits per heavy atom. The van der Waals surface area contributed by atoms with E-state index in [0.29, 0.717) is 17.4 Å². The molecule has 0 aliphatic heterocycles. The number of thiazole rings is 1. The van der Waals surface area contributed by atoms with Crippen LogP contribution in [0.1, 0.15) is 55.9 Å². The summed E-state index contributed by atoms with van der Waals surface area (Å²) >= 11 is 1.27. The quantitative estimate of drug-likeness (QED) is 0.426. The summed E-state index contributed by atoms with van der Waals surface area (Å²) in [5.74, 6) is -0.433. The van der Waals surface area contributed by atoms with Crippen LogP contribution in [0.5, 0.6) is 0 Å². The van der Waals surface area contributed by atoms with E-state index in [0.717, 1.165) is 12.8 Å². The number of benzene rings is 1. The Bertz CT molecular complexity index is 833. The largest absolute Gasteiger partial charge is 0.461 e. The van der Waals surface area contributed by atoms with Gasteiger partial charge in [-0.3, -0.25) is 0 Å². The first-order valence-electron chi connectivity index (χ1n) is 8.92. The van der Waals surface area contributed by atoms with Crippen LogP contribution in [0.15, 0.2) is 34.5 Å². The van der Waals surface area contributed by atoms with E-state index in [-0.39, 0.29) is 10.6 Å². The summed E-state index contributed by atoms with van der Waals surface area (Å²) in [4.78, 5) is 16.3. The van der Waals surface area contributed by atoms with E-state index >= 15 is 0 Å². The lowest BCUT2D eigenvalue weighted by molar-refractivity contribution is 0.0492. The molecule has 7 nitrogen and oxygen atoms in total. The van der Waals surface area contributed by atoms with Gasteiger partial charge in [-0.1, -0.05) is 39.0 Å². The first-order chi connectivity index (χ1) is 12.9. The van der Waals surface area contributed by atoms with E-state index in [1.165, 1.54) is 49.2 Å². The number of rotatable bonds is 11. The van der Waals surface area contributed by atoms with Crippen molar-refractivity contribution in [1.29, 1.82) is 0 Å². The molecule has 148 valence electrons. The molecule has 0 amide bonds. The zero-order valence-corrected chi connectivity index (χ0v) is 16.9. The van der Waals surface area contributed by atoms with E-state index in [9.17, 15) is 13.2 Å². The number of carbonyl (C=O) groups is 1. The van der Waals surface area contributed by atoms with Gasteiger partial charge in [0.1, 0.15) is 0 Å². The molecule has 0 radical (unpaired) electrons. The summed E-state index contributed by atoms with van der Waals surface area (Å²) in [7, 11) is -3.72. The summed E-state index contributed by atoms with van der Waals surface area (Å²) in [6.07, 6.45) is 6.78. The normalized spacial score (nSPS) is 11.3. The molecule has 0 unspecified atom stereocenters. The van der Waals surface area contributed by atoms with Crippen molar-refractivity contribution < 1.29 is 17.9 Å². The molecule has 9 heteroatoms. The fourth-order valence-electron chi connectivity index (χ4n) is 2.40. The Morgan fingerprint density at radius 1 is 1.15 bits per heavy atom. The lowest BCUT2D eigenvalue weighted by atomic mass is 10.1. The molecule has 0 saturated heterocycles. The first-order valence-corrected chi connectivity index (χ1v) is 11.4. The van der Waals surface area contributed by atoms with Crippen LogP contribution in [0, 0.1) is 0 Å². The SMILES string of the molecule is CCCCCCCCOC(=O)c1csc(Nc2ccc(S(N)(=O)=O)cc2)n1. The van der Waals surface area contributed by atoms with Crippen molar-refractivity contribution in [3.05, 3.63) is 35.3 Å². The maximum absolute atomic E-state index is 12.0. The number of ether oxygens (including phenoxy) is 1. The van der Waals surface area contributed by atoms with Gasteiger partial charge in [0, 0.05) is 11.1 Å². The summed E-state index contributed by atoms with van der Waals surface area (Å²) in [5.41, 5.74) is 0.901. The summed E-state index contributed by atoms with van der Waals surface area (Å²) < 4.78 is 27.7. The van der Waals surface area contributed by atoms with Crippen molar-refractivity contribution in [2.24, 2.45) is 5.14 Å². The predicted octanol–water partition coefficient (Wildman–Crippen LogP) is 4.05. The van der Waals surface area contributed by atoms with Crippen LogP contribution in [-0.4, -0.2) is 26.0 Å². The van der Waals surface area contributed by atoms with Gasteiger partial charge in [0.2, 0.25) is 10.0 Å². The second-order valence-electron chi connectivity index (χ2n) is 6.14. The fraction of sp³-hybridized carbons (Fsp3) is 0.444. The lowest BCUT2D eigenvalue weighted by Crippen LogP contribution is -2.11. The number of hydrogen-bond acceptors (Lipinski definition) is 7. The molecule has 1 aromatic heterocycles. The Hall–Kier alpha value is -1.97. The molecular formula is C18H25N3O4S2. The highest BCUT2D eigenvalue weighted by atomic mass is 32.2. The molecule has 0 aliphatic carbocycles. The van der Waals surface area contributed by atoms with Gasteiger partial charge in [-0.05, 0) is 30.7 Å². The van der Waals surface area contributed by atoms with Gasteiger partial charge >= 0.3 is 5.97 Å². The molecule has 0 spiro atoms. The van der Waals surface area contributed by atoms with Crippen molar-refractivity contribution in [2.45, 2.75) is 50.3 Å². The molecule has 0 atom stereocenters. The zero-order chi connectivity index (χ0) is 19.7. The van der Waals surface area contributed by atoms with Crippen LogP contribution >= 0.6 is 11.3 Å². The van der Waals surface area contributed by atoms with Crippen molar-refractivity contribution >= 4 is 38.1 Å². The molecule has 1 aromatic carbocycles. The van der Waals surface area contributed by atoms with Crippen molar-refractivity contribution in [2.75, 3.05) is 11.9 Å². The van der Waals surface area contributed by atoms with Gasteiger partial charge in [0.05, 0.1) is 11.5 Å². The number of unbranched alkanes of at least 4 members (excludes halogenated alkanes) is 5. The maximum Gasteiger partial charge on any atom is 0.357 e. The molecule has 1 heterocycles. The Kier molecular flexibility index (Phi) is 8.21. The Balaban J connectivity index is 1.79. The highest BCUT2D eigenvalue weighted by Gasteiger charge is 2.13. The van der Waals surface area contributed by atoms with Gasteiger partial charge < -0.3 is 10.1 Å². The van der Waals surface area contributed by atoms with Crippen molar-refractivity contribution in [3.8, 4) is 0 Å². The highest BCUT2D eigenvalue weighted by molar-refractivity contribution is 7.89. The monoisotopic (exact) mass is 411 g/mol. The van der Waals surface area contributed by atoms with Crippen LogP contribution < -0.4 is 10.5 Å². The number of primary sulfonamides is 1. The zero-order valence-electron chi connectivity index (χ0n) is 15.3. The molecule has 2 aromatic rings. The number of esters is 1. The number of carbonyl (C=O) groups excluding carboxylic acids is 1. The minimum absolute atomic E-state index is 0.0335. The second kappa shape index (κ2) is 10.4. The maximum atomic E-state index is 12.0. The number of anilines is 2. The molecular weight excluding hydrogens is 386 g/mol. The van der Waals surface area contributed by atoms with E-state index < -0.39 is 16.0 Å². The number of aromatic nitrogens is 1. The highest BCUT2D eigenvalue weighted by Crippen LogP contribution is 2.22. The van der Waals surface area contributed by atoms with Gasteiger partial charge in [-0.15, -0.1) is 11.3 Å². The average molecular weight is 412 g/mol. The molecule has 2 rings (SSSR count). The third-order valence-electron chi connectivity index (χ3n) is 3.88. The molecule has 0 saturated carbocycles. The van der Waals surface area contributed by atoms with E-state index in [1.807, 2.05) is 0 Å². The van der Waals surface area contributed by atoms with Crippen LogP contribution in [0.4, 0.5) is 10.8 Å². The third kappa shape index (κ3) is 7.28. The predicted molar refractivity (Wildman–Crippen MR) is 107 cm³/mol. The van der Waals surface area contributed by atoms with Gasteiger partial charge in [-0.25, -0.2) is 23.3 Å². The number of sulfonamides is 1. The fourth-order valence-corrected chi connectivity index (χ4v) is 3.61. The number of nitrogens with one attached hydrogen (secondary N) is 1. The average Bonchev–Trinajstić information content (AvgIpc) is 3.09. The molecule has 0 aliphatic rings. The molecule has 0 fully saturated rings. The van der Waals surface area contributed by atoms with Crippen molar-refractivity contribution in [3.63, 3.8) is 0 Å². The van der Waals surface area contributed by atoms with E-state index in [1.54, 1.807) is 17.5 Å². The van der Waals surface area contributed by atoms with Crippen molar-refractivity contribution in [1.82, 2.24) is 4.98 Å². The summed E-state index contributed by atoms with van der Waals surface area (Å²) in [6.45, 7) is 2.58. The number of hydrogen-bond donors (Lipinski definition) is 2. The van der Waals surface area contributed by atoms with Crippen LogP contribution in [0.3, 0.4) is 0 Å². The third-order valence-corrected chi connectivity index (χ3v) is 5.57. The van der Waals surface area contributed by atoms with E-state index in [2.05, 4.69) is 17.2 Å². The number of nitrogens with zero attached hydrogens (tertiary/aromatic N) is 1. The van der Waals surface area contributed by atoms with Gasteiger partial charge in [0.15, 0.2) is 10.8 Å². The lowest BCUT2D eigenvalue weighted by Gasteiger charge is -2.04. The topological polar surface area (TPSA) is 111 Å². The standard InChI is InChI=1S/C18H25N3O4S2/c1-2-3-4-5-6-7-12-25-17(22)16-13-26-18(21-16)20-14-8-10-15(11-9-14)27(19,23)24/h8-11,13H,2-7,12H2,1H3,(H,20,21)(H2,19,23,24). The minimum atomic E-state index is -3.72. The number of nitrogens with two attached hydrogens (primary N) is 1. The van der Waals surface area contributed by atoms with Gasteiger partial charge in [0.25, 0.3) is 0 Å². The molecule has 3 N–H and O–H groups in total. The minimum Gasteiger partial charge on any atom is -0.461 e. The summed E-state index contributed by atoms with van der Waals surface area (Å²) in [6, 6.07) is 5.97. The Labute approximate surface area is 164 Å². The van der Waals surface area contributed by atoms with E-state index in [4.69, 9.17) is 9.88 Å².